The molecule has 1 aliphatic heterocycles. The van der Waals surface area contributed by atoms with Crippen LogP contribution in [0.5, 0.6) is 5.75 Å². The van der Waals surface area contributed by atoms with Gasteiger partial charge in [0, 0.05) is 17.4 Å². The summed E-state index contributed by atoms with van der Waals surface area (Å²) in [6, 6.07) is 7.73. The van der Waals surface area contributed by atoms with Crippen LogP contribution >= 0.6 is 0 Å². The number of hydrogen-bond donors (Lipinski definition) is 1. The van der Waals surface area contributed by atoms with Crippen molar-refractivity contribution in [3.05, 3.63) is 29.8 Å². The monoisotopic (exact) mass is 308 g/mol. The topological polar surface area (TPSA) is 47.9 Å². The summed E-state index contributed by atoms with van der Waals surface area (Å²) in [7, 11) is 1.65. The van der Waals surface area contributed by atoms with Crippen LogP contribution in [0.1, 0.15) is 39.5 Å². The fourth-order valence-electron chi connectivity index (χ4n) is 3.03. The fraction of sp³-hybridized carbons (Fsp3) is 0.667. The molecule has 0 unspecified atom stereocenters. The Balaban J connectivity index is 2.09. The van der Waals surface area contributed by atoms with Crippen molar-refractivity contribution < 1.29 is 19.3 Å². The Morgan fingerprint density at radius 2 is 1.82 bits per heavy atom. The summed E-state index contributed by atoms with van der Waals surface area (Å²) in [5.41, 5.74) is 0.976. The van der Waals surface area contributed by atoms with Gasteiger partial charge in [0.15, 0.2) is 6.29 Å². The summed E-state index contributed by atoms with van der Waals surface area (Å²) < 4.78 is 17.2. The van der Waals surface area contributed by atoms with Crippen molar-refractivity contribution in [2.24, 2.45) is 17.8 Å². The third-order valence-electron chi connectivity index (χ3n) is 4.48. The van der Waals surface area contributed by atoms with Crippen molar-refractivity contribution in [2.75, 3.05) is 13.7 Å². The summed E-state index contributed by atoms with van der Waals surface area (Å²) in [4.78, 5) is 0. The van der Waals surface area contributed by atoms with Crippen molar-refractivity contribution in [3.8, 4) is 5.75 Å². The van der Waals surface area contributed by atoms with Gasteiger partial charge in [-0.2, -0.15) is 0 Å². The normalized spacial score (nSPS) is 28.4. The van der Waals surface area contributed by atoms with Gasteiger partial charge < -0.3 is 19.3 Å². The quantitative estimate of drug-likeness (QED) is 0.905. The van der Waals surface area contributed by atoms with E-state index in [-0.39, 0.29) is 36.3 Å². The lowest BCUT2D eigenvalue weighted by atomic mass is 9.84. The van der Waals surface area contributed by atoms with Gasteiger partial charge in [-0.3, -0.25) is 0 Å². The predicted octanol–water partition coefficient (Wildman–Crippen LogP) is 3.40. The van der Waals surface area contributed by atoms with Gasteiger partial charge >= 0.3 is 0 Å². The number of aliphatic hydroxyl groups excluding tert-OH is 1. The SMILES string of the molecule is COc1ccc([C@@H]2OC[C@@H](C)[C@H]([C@@H](C)[C@H](O)C(C)C)O2)cc1. The standard InChI is InChI=1S/C18H28O4/c1-11(2)16(19)13(4)17-12(3)10-21-18(22-17)14-6-8-15(20-5)9-7-14/h6-9,11-13,16-19H,10H2,1-5H3/t12-,13+,16-,17-,18-/m1/s1. The molecule has 1 aromatic carbocycles. The van der Waals surface area contributed by atoms with Gasteiger partial charge in [-0.25, -0.2) is 0 Å². The molecule has 1 aliphatic rings. The smallest absolute Gasteiger partial charge is 0.184 e. The first-order valence-electron chi connectivity index (χ1n) is 8.03. The molecule has 1 saturated heterocycles. The molecule has 1 N–H and O–H groups in total. The van der Waals surface area contributed by atoms with Crippen molar-refractivity contribution in [1.29, 1.82) is 0 Å². The van der Waals surface area contributed by atoms with Crippen LogP contribution in [0, 0.1) is 17.8 Å². The first-order chi connectivity index (χ1) is 10.4. The van der Waals surface area contributed by atoms with Gasteiger partial charge in [0.25, 0.3) is 0 Å². The van der Waals surface area contributed by atoms with E-state index in [0.29, 0.717) is 6.61 Å². The first-order valence-corrected chi connectivity index (χ1v) is 8.03. The van der Waals surface area contributed by atoms with Crippen LogP contribution in [-0.4, -0.2) is 31.0 Å². The van der Waals surface area contributed by atoms with Gasteiger partial charge in [0.2, 0.25) is 0 Å². The maximum Gasteiger partial charge on any atom is 0.184 e. The number of rotatable bonds is 5. The van der Waals surface area contributed by atoms with E-state index < -0.39 is 0 Å². The second kappa shape index (κ2) is 7.44. The molecular formula is C18H28O4. The Labute approximate surface area is 133 Å². The Morgan fingerprint density at radius 3 is 2.36 bits per heavy atom. The lowest BCUT2D eigenvalue weighted by molar-refractivity contribution is -0.257. The molecule has 0 aliphatic carbocycles. The molecular weight excluding hydrogens is 280 g/mol. The van der Waals surface area contributed by atoms with Crippen LogP contribution in [-0.2, 0) is 9.47 Å². The van der Waals surface area contributed by atoms with Crippen molar-refractivity contribution in [2.45, 2.75) is 46.2 Å². The summed E-state index contributed by atoms with van der Waals surface area (Å²) in [5, 5.41) is 10.4. The molecule has 22 heavy (non-hydrogen) atoms. The minimum Gasteiger partial charge on any atom is -0.497 e. The summed E-state index contributed by atoms with van der Waals surface area (Å²) in [6.45, 7) is 8.87. The molecule has 4 heteroatoms. The van der Waals surface area contributed by atoms with Crippen LogP contribution < -0.4 is 4.74 Å². The molecule has 5 atom stereocenters. The molecule has 0 aromatic heterocycles. The van der Waals surface area contributed by atoms with E-state index in [1.54, 1.807) is 7.11 Å². The molecule has 1 fully saturated rings. The minimum atomic E-state index is -0.381. The average molecular weight is 308 g/mol. The third-order valence-corrected chi connectivity index (χ3v) is 4.48. The van der Waals surface area contributed by atoms with Crippen molar-refractivity contribution >= 4 is 0 Å². The van der Waals surface area contributed by atoms with E-state index in [2.05, 4.69) is 13.8 Å². The second-order valence-electron chi connectivity index (χ2n) is 6.61. The first kappa shape index (κ1) is 17.3. The molecule has 0 saturated carbocycles. The Hall–Kier alpha value is -1.10. The Bertz CT molecular complexity index is 457. The lowest BCUT2D eigenvalue weighted by Crippen LogP contribution is -2.44. The van der Waals surface area contributed by atoms with Gasteiger partial charge in [-0.15, -0.1) is 0 Å². The fourth-order valence-corrected chi connectivity index (χ4v) is 3.03. The van der Waals surface area contributed by atoms with E-state index in [0.717, 1.165) is 11.3 Å². The zero-order chi connectivity index (χ0) is 16.3. The van der Waals surface area contributed by atoms with Crippen LogP contribution in [0.25, 0.3) is 0 Å². The number of hydrogen-bond acceptors (Lipinski definition) is 4. The van der Waals surface area contributed by atoms with Crippen LogP contribution in [0.2, 0.25) is 0 Å². The van der Waals surface area contributed by atoms with Gasteiger partial charge in [-0.05, 0) is 18.1 Å². The van der Waals surface area contributed by atoms with E-state index in [1.807, 2.05) is 38.1 Å². The highest BCUT2D eigenvalue weighted by molar-refractivity contribution is 5.28. The molecule has 0 spiro atoms. The number of methoxy groups -OCH3 is 1. The average Bonchev–Trinajstić information content (AvgIpc) is 2.54. The summed E-state index contributed by atoms with van der Waals surface area (Å²) >= 11 is 0. The number of benzene rings is 1. The van der Waals surface area contributed by atoms with E-state index >= 15 is 0 Å². The highest BCUT2D eigenvalue weighted by Crippen LogP contribution is 2.35. The zero-order valence-electron chi connectivity index (χ0n) is 14.2. The predicted molar refractivity (Wildman–Crippen MR) is 85.7 cm³/mol. The van der Waals surface area contributed by atoms with Gasteiger partial charge in [0.05, 0.1) is 25.9 Å². The van der Waals surface area contributed by atoms with E-state index in [1.165, 1.54) is 0 Å². The molecule has 124 valence electrons. The molecule has 1 heterocycles. The third kappa shape index (κ3) is 3.80. The molecule has 1 aromatic rings. The molecule has 0 radical (unpaired) electrons. The highest BCUT2D eigenvalue weighted by Gasteiger charge is 2.37. The van der Waals surface area contributed by atoms with E-state index in [4.69, 9.17) is 14.2 Å². The zero-order valence-corrected chi connectivity index (χ0v) is 14.2. The Morgan fingerprint density at radius 1 is 1.18 bits per heavy atom. The van der Waals surface area contributed by atoms with E-state index in [9.17, 15) is 5.11 Å². The van der Waals surface area contributed by atoms with Crippen LogP contribution in [0.4, 0.5) is 0 Å². The lowest BCUT2D eigenvalue weighted by Gasteiger charge is -2.40. The van der Waals surface area contributed by atoms with Gasteiger partial charge in [0.1, 0.15) is 5.75 Å². The van der Waals surface area contributed by atoms with Gasteiger partial charge in [-0.1, -0.05) is 39.8 Å². The maximum absolute atomic E-state index is 10.4. The number of ether oxygens (including phenoxy) is 3. The maximum atomic E-state index is 10.4. The molecule has 2 rings (SSSR count). The highest BCUT2D eigenvalue weighted by atomic mass is 16.7. The minimum absolute atomic E-state index is 0.0155. The summed E-state index contributed by atoms with van der Waals surface area (Å²) in [5.74, 6) is 1.36. The summed E-state index contributed by atoms with van der Waals surface area (Å²) in [6.07, 6.45) is -0.769. The molecule has 4 nitrogen and oxygen atoms in total. The molecule has 0 bridgehead atoms. The molecule has 0 amide bonds. The second-order valence-corrected chi connectivity index (χ2v) is 6.61. The van der Waals surface area contributed by atoms with Crippen molar-refractivity contribution in [1.82, 2.24) is 0 Å². The Kier molecular flexibility index (Phi) is 5.84. The largest absolute Gasteiger partial charge is 0.497 e. The number of aliphatic hydroxyl groups is 1. The van der Waals surface area contributed by atoms with Crippen molar-refractivity contribution in [3.63, 3.8) is 0 Å². The van der Waals surface area contributed by atoms with Crippen LogP contribution in [0.15, 0.2) is 24.3 Å². The van der Waals surface area contributed by atoms with Crippen LogP contribution in [0.3, 0.4) is 0 Å².